The fourth-order valence-electron chi connectivity index (χ4n) is 1.74. The van der Waals surface area contributed by atoms with Gasteiger partial charge in [0.25, 0.3) is 5.91 Å². The molecule has 0 saturated carbocycles. The van der Waals surface area contributed by atoms with E-state index in [0.29, 0.717) is 17.1 Å². The quantitative estimate of drug-likeness (QED) is 0.738. The lowest BCUT2D eigenvalue weighted by Gasteiger charge is -2.19. The van der Waals surface area contributed by atoms with Crippen LogP contribution in [0.3, 0.4) is 0 Å². The zero-order valence-corrected chi connectivity index (χ0v) is 10.1. The highest BCUT2D eigenvalue weighted by atomic mass is 16.4. The molecule has 0 aliphatic heterocycles. The zero-order valence-electron chi connectivity index (χ0n) is 10.1. The van der Waals surface area contributed by atoms with Gasteiger partial charge in [0.05, 0.1) is 12.1 Å². The van der Waals surface area contributed by atoms with Crippen LogP contribution in [0.15, 0.2) is 0 Å². The molecule has 0 fully saturated rings. The first kappa shape index (κ1) is 13.0. The van der Waals surface area contributed by atoms with Gasteiger partial charge in [0.15, 0.2) is 0 Å². The Morgan fingerprint density at radius 2 is 2.12 bits per heavy atom. The van der Waals surface area contributed by atoms with Gasteiger partial charge in [-0.1, -0.05) is 0 Å². The maximum absolute atomic E-state index is 11.3. The van der Waals surface area contributed by atoms with Gasteiger partial charge in [-0.15, -0.1) is 0 Å². The maximum atomic E-state index is 11.3. The summed E-state index contributed by atoms with van der Waals surface area (Å²) in [6.07, 6.45) is -0.0150. The molecule has 1 heterocycles. The minimum Gasteiger partial charge on any atom is -0.481 e. The number of aryl methyl sites for hydroxylation is 2. The normalized spacial score (nSPS) is 10.3. The van der Waals surface area contributed by atoms with Crippen molar-refractivity contribution in [1.82, 2.24) is 9.78 Å². The molecule has 1 aromatic rings. The second kappa shape index (κ2) is 4.86. The number of carboxylic acid groups (broad SMARTS) is 1. The van der Waals surface area contributed by atoms with E-state index in [1.165, 1.54) is 4.68 Å². The molecule has 0 spiro atoms. The second-order valence-corrected chi connectivity index (χ2v) is 3.84. The minimum absolute atomic E-state index is 0.0150. The van der Waals surface area contributed by atoms with Crippen LogP contribution in [0.4, 0.5) is 5.82 Å². The summed E-state index contributed by atoms with van der Waals surface area (Å²) in [5.41, 5.74) is 6.16. The first-order chi connectivity index (χ1) is 7.84. The summed E-state index contributed by atoms with van der Waals surface area (Å²) in [7, 11) is 3.39. The summed E-state index contributed by atoms with van der Waals surface area (Å²) >= 11 is 0. The standard InChI is InChI=1S/C10H16N4O3/c1-6-8(9(11)17)10(14(3)12-6)13(2)5-4-7(15)16/h4-5H2,1-3H3,(H2,11,17)(H,15,16). The van der Waals surface area contributed by atoms with Gasteiger partial charge in [0, 0.05) is 20.6 Å². The number of anilines is 1. The molecule has 0 aromatic carbocycles. The number of nitrogens with zero attached hydrogens (tertiary/aromatic N) is 3. The van der Waals surface area contributed by atoms with Crippen LogP contribution in [0.25, 0.3) is 0 Å². The third kappa shape index (κ3) is 2.74. The van der Waals surface area contributed by atoms with Crippen LogP contribution in [-0.2, 0) is 11.8 Å². The number of hydrogen-bond donors (Lipinski definition) is 2. The van der Waals surface area contributed by atoms with Crippen molar-refractivity contribution in [2.24, 2.45) is 12.8 Å². The monoisotopic (exact) mass is 240 g/mol. The maximum Gasteiger partial charge on any atom is 0.305 e. The Balaban J connectivity index is 3.03. The van der Waals surface area contributed by atoms with E-state index in [4.69, 9.17) is 10.8 Å². The van der Waals surface area contributed by atoms with Crippen molar-refractivity contribution in [1.29, 1.82) is 0 Å². The first-order valence-corrected chi connectivity index (χ1v) is 5.11. The number of aliphatic carboxylic acids is 1. The smallest absolute Gasteiger partial charge is 0.305 e. The van der Waals surface area contributed by atoms with Crippen LogP contribution in [-0.4, -0.2) is 40.4 Å². The van der Waals surface area contributed by atoms with Gasteiger partial charge in [-0.3, -0.25) is 14.3 Å². The van der Waals surface area contributed by atoms with Gasteiger partial charge in [-0.25, -0.2) is 0 Å². The Labute approximate surface area is 98.8 Å². The topological polar surface area (TPSA) is 101 Å². The van der Waals surface area contributed by atoms with E-state index in [1.807, 2.05) is 0 Å². The summed E-state index contributed by atoms with van der Waals surface area (Å²) in [5, 5.41) is 12.7. The molecular weight excluding hydrogens is 224 g/mol. The summed E-state index contributed by atoms with van der Waals surface area (Å²) in [4.78, 5) is 23.5. The lowest BCUT2D eigenvalue weighted by Crippen LogP contribution is -2.26. The Kier molecular flexibility index (Phi) is 3.72. The van der Waals surface area contributed by atoms with Gasteiger partial charge in [0.2, 0.25) is 0 Å². The molecule has 94 valence electrons. The summed E-state index contributed by atoms with van der Waals surface area (Å²) in [6, 6.07) is 0. The Bertz CT molecular complexity index is 453. The Morgan fingerprint density at radius 3 is 2.59 bits per heavy atom. The molecule has 1 aromatic heterocycles. The Hall–Kier alpha value is -2.05. The lowest BCUT2D eigenvalue weighted by atomic mass is 10.2. The summed E-state index contributed by atoms with van der Waals surface area (Å²) in [6.45, 7) is 1.98. The van der Waals surface area contributed by atoms with Crippen molar-refractivity contribution >= 4 is 17.7 Å². The first-order valence-electron chi connectivity index (χ1n) is 5.11. The van der Waals surface area contributed by atoms with Crippen molar-refractivity contribution in [2.45, 2.75) is 13.3 Å². The molecule has 7 nitrogen and oxygen atoms in total. The van der Waals surface area contributed by atoms with Crippen molar-refractivity contribution in [3.63, 3.8) is 0 Å². The number of primary amides is 1. The van der Waals surface area contributed by atoms with Gasteiger partial charge in [-0.05, 0) is 6.92 Å². The second-order valence-electron chi connectivity index (χ2n) is 3.84. The largest absolute Gasteiger partial charge is 0.481 e. The number of nitrogens with two attached hydrogens (primary N) is 1. The summed E-state index contributed by atoms with van der Waals surface area (Å²) in [5.74, 6) is -0.916. The van der Waals surface area contributed by atoms with Gasteiger partial charge in [-0.2, -0.15) is 5.10 Å². The third-order valence-electron chi connectivity index (χ3n) is 2.46. The molecule has 0 radical (unpaired) electrons. The third-order valence-corrected chi connectivity index (χ3v) is 2.46. The predicted molar refractivity (Wildman–Crippen MR) is 62.0 cm³/mol. The Morgan fingerprint density at radius 1 is 1.53 bits per heavy atom. The van der Waals surface area contributed by atoms with Crippen molar-refractivity contribution in [2.75, 3.05) is 18.5 Å². The number of hydrogen-bond acceptors (Lipinski definition) is 4. The summed E-state index contributed by atoms with van der Waals surface area (Å²) < 4.78 is 1.53. The molecule has 0 aliphatic carbocycles. The molecule has 1 amide bonds. The van der Waals surface area contributed by atoms with Crippen LogP contribution >= 0.6 is 0 Å². The van der Waals surface area contributed by atoms with Gasteiger partial charge >= 0.3 is 5.97 Å². The van der Waals surface area contributed by atoms with E-state index in [0.717, 1.165) is 0 Å². The van der Waals surface area contributed by atoms with Crippen LogP contribution in [0.1, 0.15) is 22.5 Å². The highest BCUT2D eigenvalue weighted by molar-refractivity contribution is 5.99. The number of carboxylic acids is 1. The number of carbonyl (C=O) groups excluding carboxylic acids is 1. The molecule has 1 rings (SSSR count). The molecule has 0 atom stereocenters. The van der Waals surface area contributed by atoms with Crippen LogP contribution in [0.2, 0.25) is 0 Å². The number of aromatic nitrogens is 2. The number of rotatable bonds is 5. The van der Waals surface area contributed by atoms with Crippen molar-refractivity contribution < 1.29 is 14.7 Å². The molecule has 0 unspecified atom stereocenters. The van der Waals surface area contributed by atoms with Crippen LogP contribution in [0, 0.1) is 6.92 Å². The molecule has 0 aliphatic rings. The highest BCUT2D eigenvalue weighted by Gasteiger charge is 2.21. The SMILES string of the molecule is Cc1nn(C)c(N(C)CCC(=O)O)c1C(N)=O. The molecule has 3 N–H and O–H groups in total. The van der Waals surface area contributed by atoms with E-state index in [9.17, 15) is 9.59 Å². The number of amides is 1. The van der Waals surface area contributed by atoms with Gasteiger partial charge < -0.3 is 15.7 Å². The molecular formula is C10H16N4O3. The van der Waals surface area contributed by atoms with E-state index in [1.54, 1.807) is 25.9 Å². The van der Waals surface area contributed by atoms with Crippen molar-refractivity contribution in [3.8, 4) is 0 Å². The predicted octanol–water partition coefficient (Wildman–Crippen LogP) is -0.262. The van der Waals surface area contributed by atoms with E-state index >= 15 is 0 Å². The fourth-order valence-corrected chi connectivity index (χ4v) is 1.74. The van der Waals surface area contributed by atoms with Gasteiger partial charge in [0.1, 0.15) is 11.4 Å². The van der Waals surface area contributed by atoms with E-state index < -0.39 is 11.9 Å². The average molecular weight is 240 g/mol. The average Bonchev–Trinajstić information content (AvgIpc) is 2.49. The van der Waals surface area contributed by atoms with Crippen LogP contribution in [0.5, 0.6) is 0 Å². The van der Waals surface area contributed by atoms with Crippen molar-refractivity contribution in [3.05, 3.63) is 11.3 Å². The van der Waals surface area contributed by atoms with E-state index in [2.05, 4.69) is 5.10 Å². The zero-order chi connectivity index (χ0) is 13.2. The minimum atomic E-state index is -0.892. The highest BCUT2D eigenvalue weighted by Crippen LogP contribution is 2.21. The lowest BCUT2D eigenvalue weighted by molar-refractivity contribution is -0.136. The molecule has 7 heteroatoms. The van der Waals surface area contributed by atoms with E-state index in [-0.39, 0.29) is 13.0 Å². The van der Waals surface area contributed by atoms with Crippen LogP contribution < -0.4 is 10.6 Å². The molecule has 0 bridgehead atoms. The molecule has 0 saturated heterocycles. The number of carbonyl (C=O) groups is 2. The molecule has 17 heavy (non-hydrogen) atoms. The fraction of sp³-hybridized carbons (Fsp3) is 0.500.